The summed E-state index contributed by atoms with van der Waals surface area (Å²) in [4.78, 5) is 20.1. The summed E-state index contributed by atoms with van der Waals surface area (Å²) in [6.45, 7) is 4.24. The van der Waals surface area contributed by atoms with Crippen LogP contribution in [0.2, 0.25) is 0 Å². The maximum atomic E-state index is 13.1. The van der Waals surface area contributed by atoms with Crippen LogP contribution in [-0.4, -0.2) is 71.8 Å². The standard InChI is InChI=1S/C29H36N4O3/c1-31(2)24-13-10-22(11-14-24)26(33-18-16-32(17-19-33)25-8-6-5-7-9-25)21-30-29(34)23-12-15-27(35-3)28(20-23)36-4/h5-15,20,26H,16-19,21H2,1-4H3,(H,30,34). The summed E-state index contributed by atoms with van der Waals surface area (Å²) in [6, 6.07) is 24.5. The van der Waals surface area contributed by atoms with Gasteiger partial charge in [0, 0.05) is 63.8 Å². The van der Waals surface area contributed by atoms with Gasteiger partial charge in [-0.3, -0.25) is 9.69 Å². The minimum absolute atomic E-state index is 0.0724. The number of methoxy groups -OCH3 is 2. The summed E-state index contributed by atoms with van der Waals surface area (Å²) in [5.74, 6) is 1.01. The first-order chi connectivity index (χ1) is 17.5. The molecule has 190 valence electrons. The van der Waals surface area contributed by atoms with Crippen molar-refractivity contribution >= 4 is 17.3 Å². The van der Waals surface area contributed by atoms with Gasteiger partial charge >= 0.3 is 0 Å². The van der Waals surface area contributed by atoms with Crippen LogP contribution >= 0.6 is 0 Å². The molecular weight excluding hydrogens is 452 g/mol. The number of anilines is 2. The first kappa shape index (κ1) is 25.4. The van der Waals surface area contributed by atoms with Gasteiger partial charge in [0.15, 0.2) is 11.5 Å². The first-order valence-electron chi connectivity index (χ1n) is 12.3. The molecule has 1 saturated heterocycles. The van der Waals surface area contributed by atoms with E-state index in [1.54, 1.807) is 32.4 Å². The van der Waals surface area contributed by atoms with E-state index in [1.807, 2.05) is 20.2 Å². The van der Waals surface area contributed by atoms with Crippen molar-refractivity contribution in [2.24, 2.45) is 0 Å². The summed E-state index contributed by atoms with van der Waals surface area (Å²) < 4.78 is 10.7. The summed E-state index contributed by atoms with van der Waals surface area (Å²) in [6.07, 6.45) is 0. The lowest BCUT2D eigenvalue weighted by Gasteiger charge is -2.40. The minimum Gasteiger partial charge on any atom is -0.493 e. The van der Waals surface area contributed by atoms with Crippen LogP contribution in [-0.2, 0) is 0 Å². The molecular formula is C29H36N4O3. The molecule has 1 atom stereocenters. The number of hydrogen-bond donors (Lipinski definition) is 1. The average Bonchev–Trinajstić information content (AvgIpc) is 2.93. The van der Waals surface area contributed by atoms with Crippen molar-refractivity contribution in [1.29, 1.82) is 0 Å². The molecule has 1 N–H and O–H groups in total. The predicted molar refractivity (Wildman–Crippen MR) is 146 cm³/mol. The molecule has 0 radical (unpaired) electrons. The van der Waals surface area contributed by atoms with E-state index >= 15 is 0 Å². The van der Waals surface area contributed by atoms with E-state index < -0.39 is 0 Å². The fraction of sp³-hybridized carbons (Fsp3) is 0.345. The molecule has 1 unspecified atom stereocenters. The summed E-state index contributed by atoms with van der Waals surface area (Å²) in [5.41, 5.74) is 4.15. The van der Waals surface area contributed by atoms with Crippen molar-refractivity contribution in [2.45, 2.75) is 6.04 Å². The molecule has 0 aromatic heterocycles. The number of carbonyl (C=O) groups excluding carboxylic acids is 1. The van der Waals surface area contributed by atoms with Crippen molar-refractivity contribution < 1.29 is 14.3 Å². The Morgan fingerprint density at radius 2 is 1.56 bits per heavy atom. The molecule has 1 aliphatic heterocycles. The number of hydrogen-bond acceptors (Lipinski definition) is 6. The van der Waals surface area contributed by atoms with Crippen LogP contribution in [0.15, 0.2) is 72.8 Å². The Morgan fingerprint density at radius 1 is 0.889 bits per heavy atom. The van der Waals surface area contributed by atoms with E-state index in [9.17, 15) is 4.79 Å². The molecule has 36 heavy (non-hydrogen) atoms. The summed E-state index contributed by atoms with van der Waals surface area (Å²) in [7, 11) is 7.24. The Balaban J connectivity index is 1.49. The monoisotopic (exact) mass is 488 g/mol. The fourth-order valence-corrected chi connectivity index (χ4v) is 4.65. The molecule has 3 aromatic rings. The Hall–Kier alpha value is -3.71. The maximum absolute atomic E-state index is 13.1. The Labute approximate surface area is 214 Å². The van der Waals surface area contributed by atoms with Crippen molar-refractivity contribution in [3.05, 3.63) is 83.9 Å². The van der Waals surface area contributed by atoms with E-state index in [1.165, 1.54) is 11.3 Å². The fourth-order valence-electron chi connectivity index (χ4n) is 4.65. The van der Waals surface area contributed by atoms with Gasteiger partial charge in [-0.15, -0.1) is 0 Å². The van der Waals surface area contributed by atoms with Crippen LogP contribution in [0.1, 0.15) is 22.0 Å². The van der Waals surface area contributed by atoms with Gasteiger partial charge in [-0.25, -0.2) is 0 Å². The highest BCUT2D eigenvalue weighted by molar-refractivity contribution is 5.94. The quantitative estimate of drug-likeness (QED) is 0.490. The highest BCUT2D eigenvalue weighted by Gasteiger charge is 2.26. The van der Waals surface area contributed by atoms with Gasteiger partial charge < -0.3 is 24.6 Å². The molecule has 1 amide bonds. The number of carbonyl (C=O) groups is 1. The molecule has 0 aliphatic carbocycles. The smallest absolute Gasteiger partial charge is 0.251 e. The summed E-state index contributed by atoms with van der Waals surface area (Å²) >= 11 is 0. The molecule has 1 aliphatic rings. The topological polar surface area (TPSA) is 57.3 Å². The van der Waals surface area contributed by atoms with E-state index in [4.69, 9.17) is 9.47 Å². The lowest BCUT2D eigenvalue weighted by atomic mass is 10.0. The number of ether oxygens (including phenoxy) is 2. The zero-order valence-corrected chi connectivity index (χ0v) is 21.6. The van der Waals surface area contributed by atoms with Crippen LogP contribution in [0.25, 0.3) is 0 Å². The first-order valence-corrected chi connectivity index (χ1v) is 12.3. The zero-order chi connectivity index (χ0) is 25.5. The largest absolute Gasteiger partial charge is 0.493 e. The molecule has 1 fully saturated rings. The normalized spacial score (nSPS) is 14.7. The Kier molecular flexibility index (Phi) is 8.33. The third kappa shape index (κ3) is 5.91. The number of nitrogens with zero attached hydrogens (tertiary/aromatic N) is 3. The molecule has 7 nitrogen and oxygen atoms in total. The second kappa shape index (κ2) is 11.8. The minimum atomic E-state index is -0.131. The van der Waals surface area contributed by atoms with Crippen molar-refractivity contribution in [3.8, 4) is 11.5 Å². The number of benzene rings is 3. The number of nitrogens with one attached hydrogen (secondary N) is 1. The number of para-hydroxylation sites is 1. The van der Waals surface area contributed by atoms with E-state index in [0.29, 0.717) is 23.6 Å². The van der Waals surface area contributed by atoms with Crippen LogP contribution in [0.4, 0.5) is 11.4 Å². The van der Waals surface area contributed by atoms with Gasteiger partial charge in [0.1, 0.15) is 0 Å². The second-order valence-electron chi connectivity index (χ2n) is 9.14. The van der Waals surface area contributed by atoms with E-state index in [2.05, 4.69) is 68.5 Å². The molecule has 0 spiro atoms. The lowest BCUT2D eigenvalue weighted by molar-refractivity contribution is 0.0929. The highest BCUT2D eigenvalue weighted by atomic mass is 16.5. The number of piperazine rings is 1. The lowest BCUT2D eigenvalue weighted by Crippen LogP contribution is -2.50. The zero-order valence-electron chi connectivity index (χ0n) is 21.6. The summed E-state index contributed by atoms with van der Waals surface area (Å²) in [5, 5.41) is 3.16. The molecule has 4 rings (SSSR count). The molecule has 3 aromatic carbocycles. The van der Waals surface area contributed by atoms with Crippen molar-refractivity contribution in [2.75, 3.05) is 70.8 Å². The van der Waals surface area contributed by atoms with Crippen LogP contribution in [0, 0.1) is 0 Å². The van der Waals surface area contributed by atoms with Crippen molar-refractivity contribution in [3.63, 3.8) is 0 Å². The van der Waals surface area contributed by atoms with Crippen LogP contribution in [0.5, 0.6) is 11.5 Å². The highest BCUT2D eigenvalue weighted by Crippen LogP contribution is 2.28. The predicted octanol–water partition coefficient (Wildman–Crippen LogP) is 4.06. The van der Waals surface area contributed by atoms with Gasteiger partial charge in [0.25, 0.3) is 5.91 Å². The van der Waals surface area contributed by atoms with Crippen molar-refractivity contribution in [1.82, 2.24) is 10.2 Å². The van der Waals surface area contributed by atoms with Gasteiger partial charge in [0.05, 0.1) is 20.3 Å². The van der Waals surface area contributed by atoms with Crippen LogP contribution in [0.3, 0.4) is 0 Å². The van der Waals surface area contributed by atoms with E-state index in [0.717, 1.165) is 31.9 Å². The third-order valence-corrected chi connectivity index (χ3v) is 6.77. The molecule has 0 saturated carbocycles. The second-order valence-corrected chi connectivity index (χ2v) is 9.14. The van der Waals surface area contributed by atoms with E-state index in [-0.39, 0.29) is 11.9 Å². The Morgan fingerprint density at radius 3 is 2.17 bits per heavy atom. The molecule has 7 heteroatoms. The van der Waals surface area contributed by atoms with Gasteiger partial charge in [-0.2, -0.15) is 0 Å². The van der Waals surface area contributed by atoms with Gasteiger partial charge in [0.2, 0.25) is 0 Å². The van der Waals surface area contributed by atoms with Gasteiger partial charge in [-0.1, -0.05) is 30.3 Å². The van der Waals surface area contributed by atoms with Crippen LogP contribution < -0.4 is 24.6 Å². The average molecular weight is 489 g/mol. The number of rotatable bonds is 9. The third-order valence-electron chi connectivity index (χ3n) is 6.77. The SMILES string of the molecule is COc1ccc(C(=O)NCC(c2ccc(N(C)C)cc2)N2CCN(c3ccccc3)CC2)cc1OC. The molecule has 1 heterocycles. The maximum Gasteiger partial charge on any atom is 0.251 e. The Bertz CT molecular complexity index is 1130. The number of amides is 1. The van der Waals surface area contributed by atoms with Gasteiger partial charge in [-0.05, 0) is 48.0 Å². The molecule has 0 bridgehead atoms.